The highest BCUT2D eigenvalue weighted by atomic mass is 19.1. The van der Waals surface area contributed by atoms with Gasteiger partial charge in [-0.25, -0.2) is 4.39 Å². The molecule has 0 bridgehead atoms. The third-order valence-corrected chi connectivity index (χ3v) is 3.25. The zero-order chi connectivity index (χ0) is 15.2. The second-order valence-corrected chi connectivity index (χ2v) is 4.86. The van der Waals surface area contributed by atoms with Crippen molar-refractivity contribution >= 4 is 5.91 Å². The minimum atomic E-state index is -0.265. The van der Waals surface area contributed by atoms with E-state index in [2.05, 4.69) is 5.32 Å². The van der Waals surface area contributed by atoms with Crippen LogP contribution in [0.2, 0.25) is 0 Å². The van der Waals surface area contributed by atoms with Gasteiger partial charge in [-0.1, -0.05) is 24.3 Å². The molecule has 0 heterocycles. The van der Waals surface area contributed by atoms with E-state index in [9.17, 15) is 9.18 Å². The number of methoxy groups -OCH3 is 1. The molecule has 0 fully saturated rings. The van der Waals surface area contributed by atoms with Gasteiger partial charge < -0.3 is 10.1 Å². The molecule has 0 unspecified atom stereocenters. The first-order valence-corrected chi connectivity index (χ1v) is 6.74. The van der Waals surface area contributed by atoms with Gasteiger partial charge in [0.15, 0.2) is 0 Å². The normalized spacial score (nSPS) is 11.8. The number of hydrogen-bond acceptors (Lipinski definition) is 2. The van der Waals surface area contributed by atoms with Gasteiger partial charge >= 0.3 is 0 Å². The third-order valence-electron chi connectivity index (χ3n) is 3.25. The summed E-state index contributed by atoms with van der Waals surface area (Å²) in [6.45, 7) is 1.49. The molecule has 0 saturated heterocycles. The molecule has 21 heavy (non-hydrogen) atoms. The summed E-state index contributed by atoms with van der Waals surface area (Å²) in [4.78, 5) is 11.4. The number of ether oxygens (including phenoxy) is 1. The molecular weight excluding hydrogens is 269 g/mol. The standard InChI is InChI=1S/C17H18FNO2/c1-12(20)19-17(11-13-3-7-15(18)8-4-13)14-5-9-16(21-2)10-6-14/h3-10,17H,11H2,1-2H3,(H,19,20)/t17-/m0/s1. The largest absolute Gasteiger partial charge is 0.497 e. The lowest BCUT2D eigenvalue weighted by atomic mass is 9.98. The lowest BCUT2D eigenvalue weighted by molar-refractivity contribution is -0.119. The summed E-state index contributed by atoms with van der Waals surface area (Å²) in [5, 5.41) is 2.92. The summed E-state index contributed by atoms with van der Waals surface area (Å²) < 4.78 is 18.1. The van der Waals surface area contributed by atoms with Crippen LogP contribution in [0.25, 0.3) is 0 Å². The fraction of sp³-hybridized carbons (Fsp3) is 0.235. The summed E-state index contributed by atoms with van der Waals surface area (Å²) in [7, 11) is 1.61. The Bertz CT molecular complexity index is 593. The Morgan fingerprint density at radius 3 is 2.29 bits per heavy atom. The first-order valence-electron chi connectivity index (χ1n) is 6.74. The van der Waals surface area contributed by atoms with Gasteiger partial charge in [-0.2, -0.15) is 0 Å². The second kappa shape index (κ2) is 6.88. The smallest absolute Gasteiger partial charge is 0.217 e. The Morgan fingerprint density at radius 1 is 1.14 bits per heavy atom. The number of halogens is 1. The van der Waals surface area contributed by atoms with Crippen molar-refractivity contribution in [1.82, 2.24) is 5.32 Å². The maximum atomic E-state index is 13.0. The van der Waals surface area contributed by atoms with Gasteiger partial charge in [0, 0.05) is 6.92 Å². The molecule has 0 aromatic heterocycles. The summed E-state index contributed by atoms with van der Waals surface area (Å²) >= 11 is 0. The number of amides is 1. The summed E-state index contributed by atoms with van der Waals surface area (Å²) in [5.41, 5.74) is 1.95. The molecule has 2 aromatic carbocycles. The van der Waals surface area contributed by atoms with Crippen molar-refractivity contribution in [3.05, 3.63) is 65.5 Å². The molecule has 1 atom stereocenters. The van der Waals surface area contributed by atoms with Crippen LogP contribution < -0.4 is 10.1 Å². The average molecular weight is 287 g/mol. The Morgan fingerprint density at radius 2 is 1.76 bits per heavy atom. The summed E-state index contributed by atoms with van der Waals surface area (Å²) in [5.74, 6) is 0.402. The van der Waals surface area contributed by atoms with Gasteiger partial charge in [-0.3, -0.25) is 4.79 Å². The molecular formula is C17H18FNO2. The van der Waals surface area contributed by atoms with Crippen molar-refractivity contribution in [1.29, 1.82) is 0 Å². The Balaban J connectivity index is 2.20. The van der Waals surface area contributed by atoms with E-state index in [1.807, 2.05) is 24.3 Å². The van der Waals surface area contributed by atoms with Crippen LogP contribution in [0.1, 0.15) is 24.1 Å². The Labute approximate surface area is 123 Å². The number of benzene rings is 2. The molecule has 0 radical (unpaired) electrons. The first-order chi connectivity index (χ1) is 10.1. The lowest BCUT2D eigenvalue weighted by Gasteiger charge is -2.19. The van der Waals surface area contributed by atoms with Crippen LogP contribution in [-0.4, -0.2) is 13.0 Å². The number of carbonyl (C=O) groups is 1. The van der Waals surface area contributed by atoms with Crippen molar-refractivity contribution in [3.63, 3.8) is 0 Å². The topological polar surface area (TPSA) is 38.3 Å². The predicted molar refractivity (Wildman–Crippen MR) is 79.7 cm³/mol. The van der Waals surface area contributed by atoms with E-state index >= 15 is 0 Å². The van der Waals surface area contributed by atoms with Crippen LogP contribution in [0.4, 0.5) is 4.39 Å². The van der Waals surface area contributed by atoms with E-state index in [4.69, 9.17) is 4.74 Å². The molecule has 2 aromatic rings. The van der Waals surface area contributed by atoms with Crippen molar-refractivity contribution < 1.29 is 13.9 Å². The lowest BCUT2D eigenvalue weighted by Crippen LogP contribution is -2.27. The van der Waals surface area contributed by atoms with Crippen molar-refractivity contribution in [3.8, 4) is 5.75 Å². The van der Waals surface area contributed by atoms with Gasteiger partial charge in [-0.05, 0) is 41.8 Å². The predicted octanol–water partition coefficient (Wildman–Crippen LogP) is 3.25. The fourth-order valence-electron chi connectivity index (χ4n) is 2.19. The van der Waals surface area contributed by atoms with E-state index in [0.29, 0.717) is 6.42 Å². The van der Waals surface area contributed by atoms with Crippen LogP contribution in [0.5, 0.6) is 5.75 Å². The molecule has 4 heteroatoms. The maximum absolute atomic E-state index is 13.0. The Hall–Kier alpha value is -2.36. The van der Waals surface area contributed by atoms with E-state index in [1.165, 1.54) is 19.1 Å². The van der Waals surface area contributed by atoms with E-state index in [1.54, 1.807) is 19.2 Å². The minimum absolute atomic E-state index is 0.0991. The third kappa shape index (κ3) is 4.31. The number of rotatable bonds is 5. The van der Waals surface area contributed by atoms with Crippen LogP contribution in [0.15, 0.2) is 48.5 Å². The monoisotopic (exact) mass is 287 g/mol. The van der Waals surface area contributed by atoms with Crippen molar-refractivity contribution in [2.75, 3.05) is 7.11 Å². The van der Waals surface area contributed by atoms with E-state index in [-0.39, 0.29) is 17.8 Å². The SMILES string of the molecule is COc1ccc([C@H](Cc2ccc(F)cc2)NC(C)=O)cc1. The summed E-state index contributed by atoms with van der Waals surface area (Å²) in [6, 6.07) is 13.7. The molecule has 0 spiro atoms. The highest BCUT2D eigenvalue weighted by Gasteiger charge is 2.13. The van der Waals surface area contributed by atoms with Crippen LogP contribution >= 0.6 is 0 Å². The van der Waals surface area contributed by atoms with Gasteiger partial charge in [-0.15, -0.1) is 0 Å². The highest BCUT2D eigenvalue weighted by Crippen LogP contribution is 2.21. The second-order valence-electron chi connectivity index (χ2n) is 4.86. The molecule has 1 amide bonds. The van der Waals surface area contributed by atoms with E-state index < -0.39 is 0 Å². The van der Waals surface area contributed by atoms with Crippen LogP contribution in [0.3, 0.4) is 0 Å². The zero-order valence-electron chi connectivity index (χ0n) is 12.1. The quantitative estimate of drug-likeness (QED) is 0.916. The number of carbonyl (C=O) groups excluding carboxylic acids is 1. The first kappa shape index (κ1) is 15.0. The van der Waals surface area contributed by atoms with Crippen LogP contribution in [-0.2, 0) is 11.2 Å². The van der Waals surface area contributed by atoms with Gasteiger partial charge in [0.05, 0.1) is 13.2 Å². The van der Waals surface area contributed by atoms with Gasteiger partial charge in [0.2, 0.25) is 5.91 Å². The molecule has 0 aliphatic carbocycles. The molecule has 1 N–H and O–H groups in total. The fourth-order valence-corrected chi connectivity index (χ4v) is 2.19. The molecule has 110 valence electrons. The zero-order valence-corrected chi connectivity index (χ0v) is 12.1. The van der Waals surface area contributed by atoms with Crippen molar-refractivity contribution in [2.45, 2.75) is 19.4 Å². The maximum Gasteiger partial charge on any atom is 0.217 e. The average Bonchev–Trinajstić information content (AvgIpc) is 2.48. The van der Waals surface area contributed by atoms with Crippen LogP contribution in [0, 0.1) is 5.82 Å². The Kier molecular flexibility index (Phi) is 4.93. The molecule has 0 aliphatic heterocycles. The highest BCUT2D eigenvalue weighted by molar-refractivity contribution is 5.73. The van der Waals surface area contributed by atoms with Gasteiger partial charge in [0.25, 0.3) is 0 Å². The number of hydrogen-bond donors (Lipinski definition) is 1. The summed E-state index contributed by atoms with van der Waals surface area (Å²) in [6.07, 6.45) is 0.603. The molecule has 3 nitrogen and oxygen atoms in total. The number of nitrogens with one attached hydrogen (secondary N) is 1. The minimum Gasteiger partial charge on any atom is -0.497 e. The molecule has 0 saturated carbocycles. The van der Waals surface area contributed by atoms with Crippen molar-refractivity contribution in [2.24, 2.45) is 0 Å². The molecule has 0 aliphatic rings. The molecule has 2 rings (SSSR count). The van der Waals surface area contributed by atoms with Gasteiger partial charge in [0.1, 0.15) is 11.6 Å². The van der Waals surface area contributed by atoms with E-state index in [0.717, 1.165) is 16.9 Å².